The van der Waals surface area contributed by atoms with Crippen LogP contribution in [0.5, 0.6) is 0 Å². The van der Waals surface area contributed by atoms with E-state index in [0.29, 0.717) is 6.61 Å². The molecule has 3 aromatic carbocycles. The Morgan fingerprint density at radius 2 is 1.58 bits per heavy atom. The zero-order valence-electron chi connectivity index (χ0n) is 23.1. The third kappa shape index (κ3) is 7.17. The monoisotopic (exact) mass is 616 g/mol. The summed E-state index contributed by atoms with van der Waals surface area (Å²) < 4.78 is 73.0. The van der Waals surface area contributed by atoms with E-state index < -0.39 is 39.7 Å². The molecule has 2 aliphatic heterocycles. The highest BCUT2D eigenvalue weighted by molar-refractivity contribution is 7.89. The molecule has 2 saturated heterocycles. The lowest BCUT2D eigenvalue weighted by molar-refractivity contribution is -0.137. The SMILES string of the molecule is O=C(NCC1CCCO1)C1CN(C(=O)Nc2ccc(C(F)(F)F)cc2)CCN1S(=O)(=O)c1ccc(-c2ccccc2)cc1. The van der Waals surface area contributed by atoms with Gasteiger partial charge in [-0.1, -0.05) is 42.5 Å². The van der Waals surface area contributed by atoms with Gasteiger partial charge in [-0.3, -0.25) is 4.79 Å². The van der Waals surface area contributed by atoms with Gasteiger partial charge in [0.1, 0.15) is 6.04 Å². The molecule has 2 heterocycles. The summed E-state index contributed by atoms with van der Waals surface area (Å²) in [5, 5.41) is 5.31. The van der Waals surface area contributed by atoms with Crippen molar-refractivity contribution >= 4 is 27.6 Å². The molecule has 2 unspecified atom stereocenters. The van der Waals surface area contributed by atoms with Gasteiger partial charge in [0.25, 0.3) is 0 Å². The number of anilines is 1. The van der Waals surface area contributed by atoms with Gasteiger partial charge in [0.15, 0.2) is 0 Å². The van der Waals surface area contributed by atoms with Crippen molar-refractivity contribution in [2.45, 2.75) is 36.1 Å². The van der Waals surface area contributed by atoms with Gasteiger partial charge < -0.3 is 20.3 Å². The van der Waals surface area contributed by atoms with Crippen molar-refractivity contribution in [3.05, 3.63) is 84.4 Å². The zero-order valence-corrected chi connectivity index (χ0v) is 23.9. The molecule has 3 amide bonds. The number of urea groups is 1. The molecule has 0 aromatic heterocycles. The largest absolute Gasteiger partial charge is 0.416 e. The van der Waals surface area contributed by atoms with Crippen molar-refractivity contribution in [1.29, 1.82) is 0 Å². The Balaban J connectivity index is 1.33. The fourth-order valence-electron chi connectivity index (χ4n) is 5.12. The summed E-state index contributed by atoms with van der Waals surface area (Å²) in [6.45, 7) is 0.323. The number of carbonyl (C=O) groups is 2. The molecule has 0 aliphatic carbocycles. The van der Waals surface area contributed by atoms with E-state index >= 15 is 0 Å². The molecular weight excluding hydrogens is 585 g/mol. The number of hydrogen-bond donors (Lipinski definition) is 2. The van der Waals surface area contributed by atoms with E-state index in [4.69, 9.17) is 4.74 Å². The first kappa shape index (κ1) is 30.5. The summed E-state index contributed by atoms with van der Waals surface area (Å²) in [5.74, 6) is -0.577. The molecule has 13 heteroatoms. The minimum Gasteiger partial charge on any atom is -0.376 e. The summed E-state index contributed by atoms with van der Waals surface area (Å²) in [5.41, 5.74) is 1.02. The van der Waals surface area contributed by atoms with E-state index in [1.54, 1.807) is 12.1 Å². The van der Waals surface area contributed by atoms with Gasteiger partial charge in [-0.25, -0.2) is 13.2 Å². The molecule has 2 aliphatic rings. The maximum atomic E-state index is 13.8. The molecule has 5 rings (SSSR count). The molecule has 0 radical (unpaired) electrons. The topological polar surface area (TPSA) is 108 Å². The summed E-state index contributed by atoms with van der Waals surface area (Å²) in [4.78, 5) is 27.7. The van der Waals surface area contributed by atoms with Crippen molar-refractivity contribution in [1.82, 2.24) is 14.5 Å². The van der Waals surface area contributed by atoms with E-state index in [9.17, 15) is 31.2 Å². The predicted octanol–water partition coefficient (Wildman–Crippen LogP) is 4.57. The normalized spacial score (nSPS) is 19.7. The van der Waals surface area contributed by atoms with Crippen LogP contribution in [0.4, 0.5) is 23.7 Å². The van der Waals surface area contributed by atoms with E-state index in [1.165, 1.54) is 17.0 Å². The minimum absolute atomic E-state index is 0.00626. The molecule has 9 nitrogen and oxygen atoms in total. The second kappa shape index (κ2) is 12.7. The molecule has 2 fully saturated rings. The van der Waals surface area contributed by atoms with Crippen molar-refractivity contribution in [3.8, 4) is 11.1 Å². The van der Waals surface area contributed by atoms with Crippen molar-refractivity contribution in [3.63, 3.8) is 0 Å². The van der Waals surface area contributed by atoms with E-state index in [0.717, 1.165) is 52.5 Å². The van der Waals surface area contributed by atoms with Crippen LogP contribution in [0.25, 0.3) is 11.1 Å². The summed E-state index contributed by atoms with van der Waals surface area (Å²) in [6.07, 6.45) is -3.07. The van der Waals surface area contributed by atoms with Crippen molar-refractivity contribution < 1.29 is 35.9 Å². The Morgan fingerprint density at radius 3 is 2.21 bits per heavy atom. The number of ether oxygens (including phenoxy) is 1. The highest BCUT2D eigenvalue weighted by atomic mass is 32.2. The van der Waals surface area contributed by atoms with Crippen LogP contribution in [0.3, 0.4) is 0 Å². The summed E-state index contributed by atoms with van der Waals surface area (Å²) in [7, 11) is -4.14. The molecule has 228 valence electrons. The number of amides is 3. The van der Waals surface area contributed by atoms with Gasteiger partial charge >= 0.3 is 12.2 Å². The highest BCUT2D eigenvalue weighted by Gasteiger charge is 2.41. The van der Waals surface area contributed by atoms with Gasteiger partial charge in [-0.2, -0.15) is 17.5 Å². The maximum absolute atomic E-state index is 13.8. The lowest BCUT2D eigenvalue weighted by Crippen LogP contribution is -2.62. The fraction of sp³-hybridized carbons (Fsp3) is 0.333. The molecule has 0 spiro atoms. The van der Waals surface area contributed by atoms with E-state index in [1.807, 2.05) is 30.3 Å². The number of sulfonamides is 1. The number of hydrogen-bond acceptors (Lipinski definition) is 5. The quantitative estimate of drug-likeness (QED) is 0.405. The van der Waals surface area contributed by atoms with E-state index in [2.05, 4.69) is 10.6 Å². The Morgan fingerprint density at radius 1 is 0.907 bits per heavy atom. The van der Waals surface area contributed by atoms with Gasteiger partial charge in [0.05, 0.1) is 16.6 Å². The molecule has 2 N–H and O–H groups in total. The van der Waals surface area contributed by atoms with Crippen molar-refractivity contribution in [2.24, 2.45) is 0 Å². The third-order valence-electron chi connectivity index (χ3n) is 7.48. The second-order valence-electron chi connectivity index (χ2n) is 10.4. The third-order valence-corrected chi connectivity index (χ3v) is 9.40. The van der Waals surface area contributed by atoms with Crippen LogP contribution < -0.4 is 10.6 Å². The number of halogens is 3. The maximum Gasteiger partial charge on any atom is 0.416 e. The van der Waals surface area contributed by atoms with Crippen molar-refractivity contribution in [2.75, 3.05) is 38.1 Å². The number of benzene rings is 3. The molecule has 2 atom stereocenters. The Hall–Kier alpha value is -3.94. The minimum atomic E-state index is -4.52. The second-order valence-corrected chi connectivity index (χ2v) is 12.2. The van der Waals surface area contributed by atoms with Gasteiger partial charge in [-0.15, -0.1) is 0 Å². The average molecular weight is 617 g/mol. The average Bonchev–Trinajstić information content (AvgIpc) is 3.54. The first-order valence-electron chi connectivity index (χ1n) is 13.8. The summed E-state index contributed by atoms with van der Waals surface area (Å²) in [6, 6.07) is 17.9. The fourth-order valence-corrected chi connectivity index (χ4v) is 6.69. The Labute approximate surface area is 247 Å². The lowest BCUT2D eigenvalue weighted by atomic mass is 10.1. The zero-order chi connectivity index (χ0) is 30.6. The van der Waals surface area contributed by atoms with Crippen LogP contribution in [0.2, 0.25) is 0 Å². The molecule has 0 saturated carbocycles. The lowest BCUT2D eigenvalue weighted by Gasteiger charge is -2.39. The van der Waals surface area contributed by atoms with Gasteiger partial charge in [-0.05, 0) is 60.4 Å². The Kier molecular flexibility index (Phi) is 9.04. The molecular formula is C30H31F3N4O5S. The van der Waals surface area contributed by atoms with Crippen LogP contribution in [-0.2, 0) is 25.7 Å². The van der Waals surface area contributed by atoms with Crippen LogP contribution in [-0.4, -0.2) is 74.5 Å². The van der Waals surface area contributed by atoms with Crippen LogP contribution >= 0.6 is 0 Å². The number of piperazine rings is 1. The van der Waals surface area contributed by atoms with E-state index in [-0.39, 0.29) is 42.9 Å². The number of alkyl halides is 3. The van der Waals surface area contributed by atoms with Crippen LogP contribution in [0, 0.1) is 0 Å². The number of carbonyl (C=O) groups excluding carboxylic acids is 2. The van der Waals surface area contributed by atoms with Gasteiger partial charge in [0.2, 0.25) is 15.9 Å². The highest BCUT2D eigenvalue weighted by Crippen LogP contribution is 2.30. The Bertz CT molecular complexity index is 1530. The number of nitrogens with zero attached hydrogens (tertiary/aromatic N) is 2. The number of rotatable bonds is 7. The first-order chi connectivity index (χ1) is 20.5. The van der Waals surface area contributed by atoms with Gasteiger partial charge in [0, 0.05) is 38.5 Å². The standard InChI is InChI=1S/C30H31F3N4O5S/c31-30(32,33)23-10-12-24(13-11-23)35-29(39)36-16-17-37(27(20-36)28(38)34-19-25-7-4-18-42-25)43(40,41)26-14-8-22(9-15-26)21-5-2-1-3-6-21/h1-3,5-6,8-15,25,27H,4,7,16-20H2,(H,34,38)(H,35,39). The molecule has 3 aromatic rings. The molecule has 0 bridgehead atoms. The smallest absolute Gasteiger partial charge is 0.376 e. The molecule has 43 heavy (non-hydrogen) atoms. The summed E-state index contributed by atoms with van der Waals surface area (Å²) >= 11 is 0. The predicted molar refractivity (Wildman–Crippen MR) is 154 cm³/mol. The van der Waals surface area contributed by atoms with Crippen LogP contribution in [0.1, 0.15) is 18.4 Å². The first-order valence-corrected chi connectivity index (χ1v) is 15.3. The number of nitrogens with one attached hydrogen (secondary N) is 2. The van der Waals surface area contributed by atoms with Crippen LogP contribution in [0.15, 0.2) is 83.8 Å².